The van der Waals surface area contributed by atoms with Gasteiger partial charge < -0.3 is 9.45 Å². The van der Waals surface area contributed by atoms with Crippen molar-refractivity contribution in [2.75, 3.05) is 18.0 Å². The summed E-state index contributed by atoms with van der Waals surface area (Å²) in [6.07, 6.45) is 20.6. The van der Waals surface area contributed by atoms with Gasteiger partial charge in [0.15, 0.2) is 22.5 Å². The lowest BCUT2D eigenvalue weighted by atomic mass is 10.1. The molecule has 0 amide bonds. The van der Waals surface area contributed by atoms with Gasteiger partial charge in [-0.3, -0.25) is 0 Å². The van der Waals surface area contributed by atoms with E-state index < -0.39 is 15.6 Å². The zero-order valence-corrected chi connectivity index (χ0v) is 27.4. The monoisotopic (exact) mass is 640 g/mol. The molecule has 0 aliphatic heterocycles. The van der Waals surface area contributed by atoms with Crippen LogP contribution in [-0.2, 0) is 17.2 Å². The Morgan fingerprint density at radius 3 is 1.51 bits per heavy atom. The number of aromatic nitrogens is 1. The molecule has 0 saturated carbocycles. The first-order chi connectivity index (χ1) is 20.5. The number of hydrogen-bond acceptors (Lipinski definition) is 5. The summed E-state index contributed by atoms with van der Waals surface area (Å²) < 4.78 is 61.0. The maximum Gasteiger partial charge on any atom is 0.485 e. The smallest absolute Gasteiger partial charge is 0.485 e. The van der Waals surface area contributed by atoms with Crippen molar-refractivity contribution in [1.82, 2.24) is 0 Å². The molecular formula is C33H47F3N2O3S2. The number of rotatable bonds is 17. The van der Waals surface area contributed by atoms with Crippen LogP contribution in [0.1, 0.15) is 90.9 Å². The Kier molecular flexibility index (Phi) is 16.3. The summed E-state index contributed by atoms with van der Waals surface area (Å²) in [6, 6.07) is 18.3. The summed E-state index contributed by atoms with van der Waals surface area (Å²) in [5.74, 6) is 0. The number of anilines is 1. The van der Waals surface area contributed by atoms with Crippen LogP contribution in [0.2, 0.25) is 0 Å². The van der Waals surface area contributed by atoms with Gasteiger partial charge in [0.05, 0.1) is 0 Å². The van der Waals surface area contributed by atoms with Gasteiger partial charge in [0.1, 0.15) is 7.05 Å². The van der Waals surface area contributed by atoms with Crippen molar-refractivity contribution in [3.63, 3.8) is 0 Å². The number of pyridine rings is 1. The second-order valence-corrected chi connectivity index (χ2v) is 13.3. The Morgan fingerprint density at radius 2 is 1.09 bits per heavy atom. The highest BCUT2D eigenvalue weighted by Crippen LogP contribution is 2.35. The van der Waals surface area contributed by atoms with Crippen LogP contribution in [0.5, 0.6) is 0 Å². The minimum absolute atomic E-state index is 1.19. The molecule has 2 heterocycles. The highest BCUT2D eigenvalue weighted by molar-refractivity contribution is 7.86. The molecule has 0 N–H and O–H groups in total. The molecule has 0 atom stereocenters. The quantitative estimate of drug-likeness (QED) is 0.0638. The fourth-order valence-electron chi connectivity index (χ4n) is 4.69. The van der Waals surface area contributed by atoms with Crippen LogP contribution in [0, 0.1) is 0 Å². The zero-order valence-electron chi connectivity index (χ0n) is 25.7. The van der Waals surface area contributed by atoms with E-state index in [2.05, 4.69) is 91.3 Å². The minimum Gasteiger partial charge on any atom is -0.741 e. The second kappa shape index (κ2) is 19.1. The molecule has 1 aromatic carbocycles. The normalized spacial score (nSPS) is 11.7. The van der Waals surface area contributed by atoms with Crippen LogP contribution in [0.4, 0.5) is 18.9 Å². The molecule has 0 unspecified atom stereocenters. The third-order valence-electron chi connectivity index (χ3n) is 7.23. The Bertz CT molecular complexity index is 1260. The standard InChI is InChI=1S/C32H47N2S.CHF3O3S/c1-4-6-8-10-12-14-24-34(25-15-13-11-9-7-5-2)30-18-16-28(17-19-30)31-20-21-32(35-31)29-22-26-33(3)27-23-29;2-1(3,4)8(5,6)7/h16-23,26-27H,4-15,24-25H2,1-3H3;(H,5,6,7)/q+1;/p-1. The first-order valence-electron chi connectivity index (χ1n) is 15.4. The van der Waals surface area contributed by atoms with E-state index in [0.717, 1.165) is 0 Å². The summed E-state index contributed by atoms with van der Waals surface area (Å²) in [7, 11) is -4.03. The van der Waals surface area contributed by atoms with Crippen molar-refractivity contribution in [3.05, 3.63) is 60.9 Å². The van der Waals surface area contributed by atoms with Gasteiger partial charge in [-0.25, -0.2) is 13.0 Å². The summed E-state index contributed by atoms with van der Waals surface area (Å²) in [5.41, 5.74) is -1.64. The Balaban J connectivity index is 0.000000708. The Morgan fingerprint density at radius 1 is 0.698 bits per heavy atom. The van der Waals surface area contributed by atoms with Crippen molar-refractivity contribution < 1.29 is 30.7 Å². The highest BCUT2D eigenvalue weighted by Gasteiger charge is 2.36. The number of nitrogens with zero attached hydrogens (tertiary/aromatic N) is 2. The molecule has 2 aromatic heterocycles. The molecule has 0 saturated heterocycles. The Hall–Kier alpha value is -2.43. The van der Waals surface area contributed by atoms with E-state index in [0.29, 0.717) is 0 Å². The number of alkyl halides is 3. The molecule has 240 valence electrons. The highest BCUT2D eigenvalue weighted by atomic mass is 32.2. The fraction of sp³-hybridized carbons (Fsp3) is 0.545. The predicted molar refractivity (Wildman–Crippen MR) is 171 cm³/mol. The van der Waals surface area contributed by atoms with Crippen molar-refractivity contribution >= 4 is 27.1 Å². The van der Waals surface area contributed by atoms with Gasteiger partial charge in [-0.1, -0.05) is 90.2 Å². The van der Waals surface area contributed by atoms with E-state index in [1.807, 2.05) is 11.3 Å². The molecule has 0 fully saturated rings. The van der Waals surface area contributed by atoms with Crippen LogP contribution in [0.3, 0.4) is 0 Å². The average Bonchev–Trinajstić information content (AvgIpc) is 3.46. The molecular weight excluding hydrogens is 594 g/mol. The number of thiophene rings is 1. The van der Waals surface area contributed by atoms with E-state index in [1.54, 1.807) is 0 Å². The number of aryl methyl sites for hydroxylation is 1. The average molecular weight is 641 g/mol. The van der Waals surface area contributed by atoms with Gasteiger partial charge >= 0.3 is 5.51 Å². The lowest BCUT2D eigenvalue weighted by Crippen LogP contribution is -2.25. The minimum atomic E-state index is -6.09. The number of halogens is 3. The van der Waals surface area contributed by atoms with Gasteiger partial charge in [0, 0.05) is 46.2 Å². The number of unbranched alkanes of at least 4 members (excludes halogenated alkanes) is 10. The van der Waals surface area contributed by atoms with Crippen LogP contribution in [0.25, 0.3) is 20.9 Å². The maximum atomic E-state index is 10.7. The van der Waals surface area contributed by atoms with E-state index in [-0.39, 0.29) is 0 Å². The molecule has 0 spiro atoms. The largest absolute Gasteiger partial charge is 0.741 e. The number of hydrogen-bond donors (Lipinski definition) is 0. The molecule has 0 aliphatic carbocycles. The second-order valence-electron chi connectivity index (χ2n) is 10.9. The van der Waals surface area contributed by atoms with Crippen LogP contribution < -0.4 is 9.47 Å². The first-order valence-corrected chi connectivity index (χ1v) is 17.6. The van der Waals surface area contributed by atoms with E-state index in [4.69, 9.17) is 13.0 Å². The summed E-state index contributed by atoms with van der Waals surface area (Å²) in [4.78, 5) is 5.32. The van der Waals surface area contributed by atoms with Crippen LogP contribution in [0.15, 0.2) is 60.9 Å². The van der Waals surface area contributed by atoms with Crippen molar-refractivity contribution in [3.8, 4) is 20.9 Å². The first kappa shape index (κ1) is 36.8. The van der Waals surface area contributed by atoms with E-state index in [9.17, 15) is 13.2 Å². The van der Waals surface area contributed by atoms with E-state index >= 15 is 0 Å². The topological polar surface area (TPSA) is 64.3 Å². The van der Waals surface area contributed by atoms with Gasteiger partial charge in [-0.05, 0) is 42.7 Å². The molecule has 3 aromatic rings. The molecule has 0 radical (unpaired) electrons. The predicted octanol–water partition coefficient (Wildman–Crippen LogP) is 9.49. The lowest BCUT2D eigenvalue weighted by Gasteiger charge is -2.25. The van der Waals surface area contributed by atoms with Crippen molar-refractivity contribution in [1.29, 1.82) is 0 Å². The summed E-state index contributed by atoms with van der Waals surface area (Å²) in [5, 5.41) is 0. The molecule has 3 rings (SSSR count). The Labute approximate surface area is 260 Å². The van der Waals surface area contributed by atoms with Crippen molar-refractivity contribution in [2.24, 2.45) is 7.05 Å². The lowest BCUT2D eigenvalue weighted by molar-refractivity contribution is -0.671. The molecule has 0 aliphatic rings. The zero-order chi connectivity index (χ0) is 31.7. The fourth-order valence-corrected chi connectivity index (χ4v) is 5.70. The van der Waals surface area contributed by atoms with Gasteiger partial charge in [-0.2, -0.15) is 13.2 Å². The number of benzene rings is 1. The summed E-state index contributed by atoms with van der Waals surface area (Å²) >= 11 is 1.88. The molecule has 43 heavy (non-hydrogen) atoms. The van der Waals surface area contributed by atoms with Crippen molar-refractivity contribution in [2.45, 2.75) is 96.4 Å². The van der Waals surface area contributed by atoms with Gasteiger partial charge in [-0.15, -0.1) is 11.3 Å². The summed E-state index contributed by atoms with van der Waals surface area (Å²) in [6.45, 7) is 6.97. The molecule has 10 heteroatoms. The molecule has 0 bridgehead atoms. The van der Waals surface area contributed by atoms with Gasteiger partial charge in [0.25, 0.3) is 0 Å². The molecule has 5 nitrogen and oxygen atoms in total. The van der Waals surface area contributed by atoms with Gasteiger partial charge in [0.2, 0.25) is 0 Å². The maximum absolute atomic E-state index is 10.7. The SMILES string of the molecule is CCCCCCCCN(CCCCCCCC)c1ccc(-c2ccc(-c3cc[n+](C)cc3)s2)cc1.O=S(=O)([O-])C(F)(F)F. The van der Waals surface area contributed by atoms with Crippen LogP contribution >= 0.6 is 11.3 Å². The van der Waals surface area contributed by atoms with Crippen LogP contribution in [-0.4, -0.2) is 31.6 Å². The third-order valence-corrected chi connectivity index (χ3v) is 8.98. The third kappa shape index (κ3) is 13.8. The van der Waals surface area contributed by atoms with E-state index in [1.165, 1.54) is 117 Å².